The maximum Gasteiger partial charge on any atom is 0.326 e. The van der Waals surface area contributed by atoms with E-state index >= 15 is 0 Å². The summed E-state index contributed by atoms with van der Waals surface area (Å²) in [4.78, 5) is 37.1. The maximum absolute atomic E-state index is 12.0. The molecule has 0 saturated carbocycles. The van der Waals surface area contributed by atoms with Crippen molar-refractivity contribution in [1.29, 1.82) is 0 Å². The molecule has 4 N–H and O–H groups in total. The van der Waals surface area contributed by atoms with Crippen LogP contribution in [-0.2, 0) is 20.8 Å². The van der Waals surface area contributed by atoms with Crippen molar-refractivity contribution >= 4 is 28.7 Å². The lowest BCUT2D eigenvalue weighted by atomic mass is 10.1. The van der Waals surface area contributed by atoms with Crippen molar-refractivity contribution in [1.82, 2.24) is 15.6 Å². The summed E-state index contributed by atoms with van der Waals surface area (Å²) in [6.07, 6.45) is 3.74. The molecule has 0 radical (unpaired) electrons. The molecule has 0 fully saturated rings. The number of aliphatic carboxylic acids is 1. The molecular formula is C18H23N3O4. The Morgan fingerprint density at radius 1 is 1.20 bits per heavy atom. The number of carboxylic acid groups (broad SMARTS) is 1. The van der Waals surface area contributed by atoms with Crippen molar-refractivity contribution in [3.63, 3.8) is 0 Å². The molecule has 0 unspecified atom stereocenters. The van der Waals surface area contributed by atoms with E-state index in [9.17, 15) is 14.4 Å². The number of H-pyrrole nitrogens is 1. The van der Waals surface area contributed by atoms with E-state index in [1.165, 1.54) is 6.92 Å². The van der Waals surface area contributed by atoms with Gasteiger partial charge in [0.25, 0.3) is 0 Å². The average molecular weight is 345 g/mol. The number of carboxylic acids is 1. The summed E-state index contributed by atoms with van der Waals surface area (Å²) < 4.78 is 0. The van der Waals surface area contributed by atoms with Gasteiger partial charge in [-0.25, -0.2) is 4.79 Å². The Balaban J connectivity index is 1.70. The van der Waals surface area contributed by atoms with Gasteiger partial charge in [0, 0.05) is 30.6 Å². The molecule has 1 aromatic heterocycles. The molecule has 0 spiro atoms. The molecule has 0 aliphatic heterocycles. The van der Waals surface area contributed by atoms with Crippen molar-refractivity contribution in [2.75, 3.05) is 6.54 Å². The first-order valence-corrected chi connectivity index (χ1v) is 8.29. The Morgan fingerprint density at radius 2 is 1.96 bits per heavy atom. The molecule has 2 amide bonds. The zero-order chi connectivity index (χ0) is 18.2. The Labute approximate surface area is 145 Å². The molecule has 0 saturated heterocycles. The number of nitrogens with one attached hydrogen (secondary N) is 3. The highest BCUT2D eigenvalue weighted by Gasteiger charge is 2.17. The highest BCUT2D eigenvalue weighted by atomic mass is 16.4. The van der Waals surface area contributed by atoms with Crippen LogP contribution >= 0.6 is 0 Å². The Kier molecular flexibility index (Phi) is 6.56. The molecule has 0 bridgehead atoms. The standard InChI is InChI=1S/C18H23N3O4/c1-12(22)21-16(18(24)25)8-4-5-9-19-17(23)10-13-11-20-15-7-3-2-6-14(13)15/h2-3,6-7,11,16,20H,4-5,8-10H2,1H3,(H,19,23)(H,21,22)(H,24,25)/t16-/m0/s1. The third kappa shape index (κ3) is 5.63. The number of hydrogen-bond acceptors (Lipinski definition) is 3. The van der Waals surface area contributed by atoms with Crippen LogP contribution in [0, 0.1) is 0 Å². The number of para-hydroxylation sites is 1. The van der Waals surface area contributed by atoms with Crippen molar-refractivity contribution in [2.24, 2.45) is 0 Å². The van der Waals surface area contributed by atoms with Crippen LogP contribution in [0.4, 0.5) is 0 Å². The molecule has 134 valence electrons. The summed E-state index contributed by atoms with van der Waals surface area (Å²) in [5, 5.41) is 15.3. The number of carbonyl (C=O) groups is 3. The zero-order valence-corrected chi connectivity index (χ0v) is 14.2. The molecule has 2 aromatic rings. The lowest BCUT2D eigenvalue weighted by Gasteiger charge is -2.13. The fourth-order valence-corrected chi connectivity index (χ4v) is 2.72. The van der Waals surface area contributed by atoms with Crippen molar-refractivity contribution < 1.29 is 19.5 Å². The third-order valence-electron chi connectivity index (χ3n) is 3.94. The number of aromatic nitrogens is 1. The van der Waals surface area contributed by atoms with Gasteiger partial charge in [0.05, 0.1) is 6.42 Å². The van der Waals surface area contributed by atoms with Crippen LogP contribution < -0.4 is 10.6 Å². The fraction of sp³-hybridized carbons (Fsp3) is 0.389. The van der Waals surface area contributed by atoms with Crippen LogP contribution in [0.15, 0.2) is 30.5 Å². The highest BCUT2D eigenvalue weighted by molar-refractivity contribution is 5.88. The smallest absolute Gasteiger partial charge is 0.326 e. The second-order valence-corrected chi connectivity index (χ2v) is 5.97. The Morgan fingerprint density at radius 3 is 2.68 bits per heavy atom. The number of hydrogen-bond donors (Lipinski definition) is 4. The number of fused-ring (bicyclic) bond motifs is 1. The summed E-state index contributed by atoms with van der Waals surface area (Å²) in [7, 11) is 0. The first-order chi connectivity index (χ1) is 12.0. The van der Waals surface area contributed by atoms with Gasteiger partial charge >= 0.3 is 5.97 Å². The van der Waals surface area contributed by atoms with Crippen LogP contribution in [0.5, 0.6) is 0 Å². The lowest BCUT2D eigenvalue weighted by molar-refractivity contribution is -0.141. The van der Waals surface area contributed by atoms with E-state index in [-0.39, 0.29) is 11.8 Å². The number of benzene rings is 1. The van der Waals surface area contributed by atoms with E-state index < -0.39 is 12.0 Å². The predicted octanol–water partition coefficient (Wildman–Crippen LogP) is 1.59. The van der Waals surface area contributed by atoms with E-state index in [4.69, 9.17) is 5.11 Å². The summed E-state index contributed by atoms with van der Waals surface area (Å²) in [6.45, 7) is 1.77. The second-order valence-electron chi connectivity index (χ2n) is 5.97. The number of amides is 2. The highest BCUT2D eigenvalue weighted by Crippen LogP contribution is 2.17. The minimum Gasteiger partial charge on any atom is -0.480 e. The second kappa shape index (κ2) is 8.86. The first-order valence-electron chi connectivity index (χ1n) is 8.29. The van der Waals surface area contributed by atoms with Gasteiger partial charge in [-0.1, -0.05) is 18.2 Å². The van der Waals surface area contributed by atoms with E-state index in [0.29, 0.717) is 32.2 Å². The Bertz CT molecular complexity index is 754. The molecule has 1 aromatic carbocycles. The van der Waals surface area contributed by atoms with Gasteiger partial charge in [-0.2, -0.15) is 0 Å². The molecule has 7 heteroatoms. The zero-order valence-electron chi connectivity index (χ0n) is 14.2. The van der Waals surface area contributed by atoms with Crippen molar-refractivity contribution in [2.45, 2.75) is 38.6 Å². The molecule has 7 nitrogen and oxygen atoms in total. The van der Waals surface area contributed by atoms with E-state index in [1.54, 1.807) is 0 Å². The third-order valence-corrected chi connectivity index (χ3v) is 3.94. The van der Waals surface area contributed by atoms with Crippen LogP contribution in [0.1, 0.15) is 31.7 Å². The van der Waals surface area contributed by atoms with Crippen LogP contribution in [0.2, 0.25) is 0 Å². The van der Waals surface area contributed by atoms with Crippen LogP contribution in [0.3, 0.4) is 0 Å². The summed E-state index contributed by atoms with van der Waals surface area (Å²) in [6, 6.07) is 6.94. The number of carbonyl (C=O) groups excluding carboxylic acids is 2. The van der Waals surface area contributed by atoms with Gasteiger partial charge in [0.2, 0.25) is 11.8 Å². The monoisotopic (exact) mass is 345 g/mol. The number of unbranched alkanes of at least 4 members (excludes halogenated alkanes) is 1. The summed E-state index contributed by atoms with van der Waals surface area (Å²) >= 11 is 0. The minimum absolute atomic E-state index is 0.0681. The van der Waals surface area contributed by atoms with Gasteiger partial charge in [-0.15, -0.1) is 0 Å². The molecule has 2 rings (SSSR count). The summed E-state index contributed by atoms with van der Waals surface area (Å²) in [5.41, 5.74) is 1.95. The lowest BCUT2D eigenvalue weighted by Crippen LogP contribution is -2.39. The SMILES string of the molecule is CC(=O)N[C@@H](CCCCNC(=O)Cc1c[nH]c2ccccc12)C(=O)O. The van der Waals surface area contributed by atoms with Gasteiger partial charge in [-0.05, 0) is 30.9 Å². The predicted molar refractivity (Wildman–Crippen MR) is 94.1 cm³/mol. The average Bonchev–Trinajstić information content (AvgIpc) is 2.96. The molecule has 0 aliphatic carbocycles. The largest absolute Gasteiger partial charge is 0.480 e. The van der Waals surface area contributed by atoms with Gasteiger partial charge < -0.3 is 20.7 Å². The minimum atomic E-state index is -1.04. The quantitative estimate of drug-likeness (QED) is 0.517. The van der Waals surface area contributed by atoms with Gasteiger partial charge in [0.15, 0.2) is 0 Å². The molecule has 0 aliphatic rings. The fourth-order valence-electron chi connectivity index (χ4n) is 2.72. The summed E-state index contributed by atoms with van der Waals surface area (Å²) in [5.74, 6) is -1.47. The van der Waals surface area contributed by atoms with Crippen molar-refractivity contribution in [3.05, 3.63) is 36.0 Å². The Hall–Kier alpha value is -2.83. The molecule has 25 heavy (non-hydrogen) atoms. The number of rotatable bonds is 9. The van der Waals surface area contributed by atoms with E-state index in [2.05, 4.69) is 15.6 Å². The van der Waals surface area contributed by atoms with E-state index in [0.717, 1.165) is 16.5 Å². The maximum atomic E-state index is 12.0. The van der Waals surface area contributed by atoms with Crippen LogP contribution in [-0.4, -0.2) is 40.5 Å². The van der Waals surface area contributed by atoms with Crippen LogP contribution in [0.25, 0.3) is 10.9 Å². The normalized spacial score (nSPS) is 11.9. The van der Waals surface area contributed by atoms with Gasteiger partial charge in [-0.3, -0.25) is 9.59 Å². The van der Waals surface area contributed by atoms with Crippen molar-refractivity contribution in [3.8, 4) is 0 Å². The van der Waals surface area contributed by atoms with E-state index in [1.807, 2.05) is 30.5 Å². The van der Waals surface area contributed by atoms with Gasteiger partial charge in [0.1, 0.15) is 6.04 Å². The number of aromatic amines is 1. The molecule has 1 atom stereocenters. The topological polar surface area (TPSA) is 111 Å². The first kappa shape index (κ1) is 18.5. The molecular weight excluding hydrogens is 322 g/mol. The molecule has 1 heterocycles.